The Balaban J connectivity index is 1.05. The molecule has 0 bridgehead atoms. The second-order valence-electron chi connectivity index (χ2n) is 11.7. The maximum atomic E-state index is 13.7. The van der Waals surface area contributed by atoms with Gasteiger partial charge in [-0.3, -0.25) is 9.59 Å². The fourth-order valence-electron chi connectivity index (χ4n) is 6.17. The van der Waals surface area contributed by atoms with E-state index in [1.807, 2.05) is 109 Å². The van der Waals surface area contributed by atoms with E-state index in [1.165, 1.54) is 0 Å². The number of nitrogens with zero attached hydrogens (tertiary/aromatic N) is 2. The highest BCUT2D eigenvalue weighted by Crippen LogP contribution is 2.29. The lowest BCUT2D eigenvalue weighted by molar-refractivity contribution is 0.0893. The van der Waals surface area contributed by atoms with Crippen LogP contribution in [0.2, 0.25) is 10.0 Å². The lowest BCUT2D eigenvalue weighted by atomic mass is 9.90. The number of aromatic nitrogens is 2. The first-order chi connectivity index (χ1) is 22.4. The summed E-state index contributed by atoms with van der Waals surface area (Å²) < 4.78 is 0. The molecule has 4 aromatic carbocycles. The number of para-hydroxylation sites is 2. The van der Waals surface area contributed by atoms with Gasteiger partial charge in [0.05, 0.1) is 33.5 Å². The number of hydrogen-bond acceptors (Lipinski definition) is 4. The highest BCUT2D eigenvalue weighted by atomic mass is 35.5. The van der Waals surface area contributed by atoms with Crippen molar-refractivity contribution in [3.63, 3.8) is 0 Å². The molecule has 2 aromatic heterocycles. The number of pyridine rings is 2. The standard InChI is InChI=1S/C38H30Cl2N4O2/c39-25-13-9-23(10-14-25)35-21-31(29-5-1-3-7-33(29)43-35)37(45)41-27-17-19-28(20-18-27)42-38(46)32-22-36(24-11-15-26(40)16-12-24)44-34-8-4-2-6-30(32)34/h1-16,21-22,27-28H,17-20H2,(H,41,45)(H,42,46). The number of halogens is 2. The minimum absolute atomic E-state index is 0.00447. The van der Waals surface area contributed by atoms with Gasteiger partial charge in [-0.25, -0.2) is 9.97 Å². The second kappa shape index (κ2) is 12.9. The molecule has 0 radical (unpaired) electrons. The molecule has 2 heterocycles. The van der Waals surface area contributed by atoms with Crippen LogP contribution in [0.5, 0.6) is 0 Å². The first-order valence-corrected chi connectivity index (χ1v) is 16.1. The van der Waals surface area contributed by atoms with Crippen LogP contribution in [-0.2, 0) is 0 Å². The molecule has 228 valence electrons. The fourth-order valence-corrected chi connectivity index (χ4v) is 6.42. The van der Waals surface area contributed by atoms with Gasteiger partial charge >= 0.3 is 0 Å². The van der Waals surface area contributed by atoms with Crippen LogP contribution in [0.1, 0.15) is 46.4 Å². The summed E-state index contributed by atoms with van der Waals surface area (Å²) >= 11 is 12.2. The topological polar surface area (TPSA) is 84.0 Å². The molecule has 1 aliphatic rings. The smallest absolute Gasteiger partial charge is 0.252 e. The van der Waals surface area contributed by atoms with E-state index in [1.54, 1.807) is 0 Å². The number of fused-ring (bicyclic) bond motifs is 2. The Kier molecular flexibility index (Phi) is 8.39. The number of benzene rings is 4. The third-order valence-electron chi connectivity index (χ3n) is 8.60. The Morgan fingerprint density at radius 2 is 0.913 bits per heavy atom. The van der Waals surface area contributed by atoms with Gasteiger partial charge < -0.3 is 10.6 Å². The van der Waals surface area contributed by atoms with Crippen LogP contribution < -0.4 is 10.6 Å². The maximum Gasteiger partial charge on any atom is 0.252 e. The van der Waals surface area contributed by atoms with Gasteiger partial charge in [-0.15, -0.1) is 0 Å². The molecular weight excluding hydrogens is 615 g/mol. The van der Waals surface area contributed by atoms with Crippen molar-refractivity contribution in [1.29, 1.82) is 0 Å². The minimum Gasteiger partial charge on any atom is -0.349 e. The van der Waals surface area contributed by atoms with Crippen molar-refractivity contribution >= 4 is 56.8 Å². The molecule has 6 nitrogen and oxygen atoms in total. The Morgan fingerprint density at radius 1 is 0.543 bits per heavy atom. The van der Waals surface area contributed by atoms with Crippen molar-refractivity contribution < 1.29 is 9.59 Å². The molecule has 0 atom stereocenters. The van der Waals surface area contributed by atoms with E-state index < -0.39 is 0 Å². The molecule has 1 fully saturated rings. The number of carbonyl (C=O) groups is 2. The summed E-state index contributed by atoms with van der Waals surface area (Å²) in [5, 5.41) is 9.41. The van der Waals surface area contributed by atoms with E-state index in [0.717, 1.165) is 70.0 Å². The van der Waals surface area contributed by atoms with Crippen LogP contribution >= 0.6 is 23.2 Å². The van der Waals surface area contributed by atoms with Crippen molar-refractivity contribution in [2.45, 2.75) is 37.8 Å². The summed E-state index contributed by atoms with van der Waals surface area (Å²) in [6, 6.07) is 34.0. The molecule has 46 heavy (non-hydrogen) atoms. The molecule has 1 saturated carbocycles. The predicted molar refractivity (Wildman–Crippen MR) is 185 cm³/mol. The van der Waals surface area contributed by atoms with E-state index in [4.69, 9.17) is 33.2 Å². The largest absolute Gasteiger partial charge is 0.349 e. The molecule has 1 aliphatic carbocycles. The number of amides is 2. The fraction of sp³-hybridized carbons (Fsp3) is 0.158. The third-order valence-corrected chi connectivity index (χ3v) is 9.10. The Hall–Kier alpha value is -4.78. The molecule has 2 N–H and O–H groups in total. The van der Waals surface area contributed by atoms with E-state index in [-0.39, 0.29) is 23.9 Å². The SMILES string of the molecule is O=C(NC1CCC(NC(=O)c2cc(-c3ccc(Cl)cc3)nc3ccccc23)CC1)c1cc(-c2ccc(Cl)cc2)nc2ccccc12. The van der Waals surface area contributed by atoms with Crippen molar-refractivity contribution in [3.8, 4) is 22.5 Å². The van der Waals surface area contributed by atoms with E-state index in [9.17, 15) is 9.59 Å². The van der Waals surface area contributed by atoms with Gasteiger partial charge in [0.25, 0.3) is 11.8 Å². The molecule has 0 aliphatic heterocycles. The highest BCUT2D eigenvalue weighted by molar-refractivity contribution is 6.31. The third kappa shape index (κ3) is 6.32. The second-order valence-corrected chi connectivity index (χ2v) is 12.5. The number of nitrogens with one attached hydrogen (secondary N) is 2. The summed E-state index contributed by atoms with van der Waals surface area (Å²) in [6.07, 6.45) is 3.04. The predicted octanol–water partition coefficient (Wildman–Crippen LogP) is 8.89. The van der Waals surface area contributed by atoms with Gasteiger partial charge in [-0.2, -0.15) is 0 Å². The van der Waals surface area contributed by atoms with Gasteiger partial charge in [0.2, 0.25) is 0 Å². The zero-order valence-electron chi connectivity index (χ0n) is 24.8. The van der Waals surface area contributed by atoms with Gasteiger partial charge in [-0.1, -0.05) is 83.9 Å². The molecule has 2 amide bonds. The van der Waals surface area contributed by atoms with Crippen molar-refractivity contribution in [2.75, 3.05) is 0 Å². The average Bonchev–Trinajstić information content (AvgIpc) is 3.08. The molecule has 0 saturated heterocycles. The lowest BCUT2D eigenvalue weighted by Gasteiger charge is -2.30. The van der Waals surface area contributed by atoms with Crippen molar-refractivity contribution in [2.24, 2.45) is 0 Å². The Labute approximate surface area is 276 Å². The lowest BCUT2D eigenvalue weighted by Crippen LogP contribution is -2.44. The molecule has 8 heteroatoms. The number of carbonyl (C=O) groups excluding carboxylic acids is 2. The quantitative estimate of drug-likeness (QED) is 0.190. The van der Waals surface area contributed by atoms with E-state index in [0.29, 0.717) is 21.2 Å². The average molecular weight is 646 g/mol. The maximum absolute atomic E-state index is 13.7. The van der Waals surface area contributed by atoms with Crippen molar-refractivity contribution in [1.82, 2.24) is 20.6 Å². The summed E-state index contributed by atoms with van der Waals surface area (Å²) in [4.78, 5) is 36.9. The summed E-state index contributed by atoms with van der Waals surface area (Å²) in [7, 11) is 0. The Bertz CT molecular complexity index is 1920. The number of rotatable bonds is 6. The monoisotopic (exact) mass is 644 g/mol. The van der Waals surface area contributed by atoms with Gasteiger partial charge in [-0.05, 0) is 74.2 Å². The van der Waals surface area contributed by atoms with Crippen LogP contribution in [-0.4, -0.2) is 33.9 Å². The van der Waals surface area contributed by atoms with Gasteiger partial charge in [0.1, 0.15) is 0 Å². The van der Waals surface area contributed by atoms with Crippen LogP contribution in [0.15, 0.2) is 109 Å². The summed E-state index contributed by atoms with van der Waals surface area (Å²) in [5.74, 6) is -0.251. The van der Waals surface area contributed by atoms with E-state index >= 15 is 0 Å². The summed E-state index contributed by atoms with van der Waals surface area (Å²) in [5.41, 5.74) is 5.91. The first kappa shape index (κ1) is 29.9. The number of hydrogen-bond donors (Lipinski definition) is 2. The molecule has 7 rings (SSSR count). The normalized spacial score (nSPS) is 16.3. The Morgan fingerprint density at radius 3 is 1.30 bits per heavy atom. The van der Waals surface area contributed by atoms with Crippen LogP contribution in [0, 0.1) is 0 Å². The molecule has 0 unspecified atom stereocenters. The van der Waals surface area contributed by atoms with Crippen LogP contribution in [0.3, 0.4) is 0 Å². The van der Waals surface area contributed by atoms with E-state index in [2.05, 4.69) is 10.6 Å². The zero-order chi connectivity index (χ0) is 31.6. The highest BCUT2D eigenvalue weighted by Gasteiger charge is 2.26. The minimum atomic E-state index is -0.126. The molecule has 0 spiro atoms. The van der Waals surface area contributed by atoms with Gasteiger partial charge in [0, 0.05) is 44.0 Å². The summed E-state index contributed by atoms with van der Waals surface area (Å²) in [6.45, 7) is 0. The molecular formula is C38H30Cl2N4O2. The van der Waals surface area contributed by atoms with Crippen LogP contribution in [0.25, 0.3) is 44.3 Å². The zero-order valence-corrected chi connectivity index (χ0v) is 26.4. The van der Waals surface area contributed by atoms with Gasteiger partial charge in [0.15, 0.2) is 0 Å². The van der Waals surface area contributed by atoms with Crippen LogP contribution in [0.4, 0.5) is 0 Å². The van der Waals surface area contributed by atoms with Crippen molar-refractivity contribution in [3.05, 3.63) is 130 Å². The first-order valence-electron chi connectivity index (χ1n) is 15.3. The molecule has 6 aromatic rings.